The maximum absolute atomic E-state index is 13.2. The topological polar surface area (TPSA) is 308 Å². The normalized spacial score (nSPS) is 12.2. The van der Waals surface area contributed by atoms with Crippen LogP contribution in [-0.4, -0.2) is 35.8 Å². The van der Waals surface area contributed by atoms with Crippen molar-refractivity contribution in [3.63, 3.8) is 0 Å². The molecule has 0 radical (unpaired) electrons. The average molecular weight is 717 g/mol. The summed E-state index contributed by atoms with van der Waals surface area (Å²) in [6.07, 6.45) is 0. The molecular formula is C24H14N8Na2O12S2. The maximum atomic E-state index is 13.2. The number of nitrogens with zero attached hydrogens (tertiary/aromatic N) is 6. The van der Waals surface area contributed by atoms with Crippen LogP contribution < -0.4 is 91.5 Å². The van der Waals surface area contributed by atoms with Gasteiger partial charge in [-0.05, 0) is 48.5 Å². The second-order valence-electron chi connectivity index (χ2n) is 8.71. The quantitative estimate of drug-likeness (QED) is 0.0512. The average Bonchev–Trinajstić information content (AvgIpc) is 2.99. The number of nitrogens with one attached hydrogen (secondary N) is 2. The third-order valence-corrected chi connectivity index (χ3v) is 7.39. The predicted molar refractivity (Wildman–Crippen MR) is 152 cm³/mol. The van der Waals surface area contributed by atoms with Gasteiger partial charge in [-0.15, -0.1) is 5.11 Å². The minimum Gasteiger partial charge on any atom is -0.744 e. The fraction of sp³-hybridized carbons (Fsp3) is 0. The van der Waals surface area contributed by atoms with E-state index in [2.05, 4.69) is 31.3 Å². The monoisotopic (exact) mass is 716 g/mol. The number of rotatable bonds is 10. The van der Waals surface area contributed by atoms with E-state index in [1.54, 1.807) is 0 Å². The fourth-order valence-electron chi connectivity index (χ4n) is 3.49. The van der Waals surface area contributed by atoms with E-state index in [1.165, 1.54) is 12.1 Å². The molecule has 236 valence electrons. The molecule has 0 atom stereocenters. The van der Waals surface area contributed by atoms with E-state index >= 15 is 0 Å². The number of nitro groups is 2. The van der Waals surface area contributed by atoms with Crippen LogP contribution in [0.4, 0.5) is 34.1 Å². The predicted octanol–water partition coefficient (Wildman–Crippen LogP) is -4.81. The molecule has 4 rings (SSSR count). The van der Waals surface area contributed by atoms with Crippen molar-refractivity contribution in [3.8, 4) is 0 Å². The Morgan fingerprint density at radius 3 is 1.77 bits per heavy atom. The smallest absolute Gasteiger partial charge is 0.744 e. The number of hydrogen-bond donors (Lipinski definition) is 2. The number of benzene rings is 4. The van der Waals surface area contributed by atoms with Gasteiger partial charge in [0.15, 0.2) is 5.36 Å². The molecule has 0 saturated carbocycles. The standard InChI is InChI=1S/C24H16N8O12S2.2Na/c33-23-18(28-25-13-1-6-16(7-2-13)31(35)36)12-19(29-26-14-3-8-17(9-4-14)45(39,40)41)24(34)22(23)30-27-15-5-10-20(32(37)38)21(11-15)46(42,43)44;;/h1-12,26-27H,(H,39,40,41)(H,42,43,44);;/q;2*+1/p-2/b28-25?,29-19-,30-22-;;. The molecule has 0 unspecified atom stereocenters. The van der Waals surface area contributed by atoms with E-state index in [0.717, 1.165) is 48.5 Å². The number of nitro benzene ring substituents is 2. The van der Waals surface area contributed by atoms with E-state index in [4.69, 9.17) is 0 Å². The first-order valence-corrected chi connectivity index (χ1v) is 14.8. The molecule has 0 heterocycles. The van der Waals surface area contributed by atoms with Crippen molar-refractivity contribution in [1.29, 1.82) is 0 Å². The molecule has 20 nitrogen and oxygen atoms in total. The zero-order valence-corrected chi connectivity index (χ0v) is 30.0. The number of azo groups is 1. The molecule has 24 heteroatoms. The van der Waals surface area contributed by atoms with Crippen LogP contribution in [0.25, 0.3) is 0 Å². The molecule has 2 N–H and O–H groups in total. The summed E-state index contributed by atoms with van der Waals surface area (Å²) in [5.41, 5.74) is 0.341. The second-order valence-corrected chi connectivity index (χ2v) is 11.4. The fourth-order valence-corrected chi connectivity index (χ4v) is 4.63. The Morgan fingerprint density at radius 2 is 1.23 bits per heavy atom. The summed E-state index contributed by atoms with van der Waals surface area (Å²) in [6, 6.07) is 12.0. The van der Waals surface area contributed by atoms with Gasteiger partial charge in [0.1, 0.15) is 36.2 Å². The molecule has 0 amide bonds. The molecule has 0 spiro atoms. The summed E-state index contributed by atoms with van der Waals surface area (Å²) in [6.45, 7) is 0. The van der Waals surface area contributed by atoms with Gasteiger partial charge in [-0.2, -0.15) is 15.3 Å². The molecule has 0 bridgehead atoms. The number of anilines is 2. The van der Waals surface area contributed by atoms with Crippen LogP contribution in [0.2, 0.25) is 0 Å². The van der Waals surface area contributed by atoms with Gasteiger partial charge in [-0.1, -0.05) is 0 Å². The Labute approximate surface area is 312 Å². The molecule has 0 aliphatic heterocycles. The van der Waals surface area contributed by atoms with Crippen molar-refractivity contribution in [2.75, 3.05) is 10.9 Å². The Hall–Kier alpha value is -4.10. The van der Waals surface area contributed by atoms with Gasteiger partial charge in [0.2, 0.25) is 10.9 Å². The Balaban J connectivity index is 0.00000400. The van der Waals surface area contributed by atoms with Gasteiger partial charge in [0, 0.05) is 24.3 Å². The van der Waals surface area contributed by atoms with Crippen LogP contribution in [0.15, 0.2) is 113 Å². The number of non-ortho nitro benzene ring substituents is 1. The maximum Gasteiger partial charge on any atom is 1.00 e. The van der Waals surface area contributed by atoms with Crippen LogP contribution in [-0.2, 0) is 20.2 Å². The SMILES string of the molecule is O=c1c(N=Nc2ccc([N+](=O)[O-])cc2)c/c(=N/Nc2ccc(S(=O)(=O)[O-])cc2)c(=O)/c1=N\Nc1ccc([N+](=O)[O-])c(S(=O)(=O)[O-])c1.[Na+].[Na+]. The molecule has 0 fully saturated rings. The molecule has 4 aromatic rings. The third-order valence-electron chi connectivity index (χ3n) is 5.67. The summed E-state index contributed by atoms with van der Waals surface area (Å²) in [5, 5.41) is 35.7. The van der Waals surface area contributed by atoms with E-state index in [9.17, 15) is 55.8 Å². The molecular weight excluding hydrogens is 702 g/mol. The van der Waals surface area contributed by atoms with Gasteiger partial charge in [-0.25, -0.2) is 16.8 Å². The van der Waals surface area contributed by atoms with E-state index in [1.807, 2.05) is 0 Å². The molecule has 0 aliphatic rings. The minimum atomic E-state index is -5.34. The summed E-state index contributed by atoms with van der Waals surface area (Å²) in [4.78, 5) is 44.8. The van der Waals surface area contributed by atoms with Gasteiger partial charge in [0.25, 0.3) is 11.4 Å². The largest absolute Gasteiger partial charge is 1.00 e. The second kappa shape index (κ2) is 16.3. The first kappa shape index (κ1) is 40.1. The summed E-state index contributed by atoms with van der Waals surface area (Å²) < 4.78 is 68.1. The van der Waals surface area contributed by atoms with Crippen molar-refractivity contribution < 1.29 is 94.9 Å². The van der Waals surface area contributed by atoms with E-state index < -0.39 is 72.8 Å². The molecule has 48 heavy (non-hydrogen) atoms. The molecule has 0 saturated heterocycles. The molecule has 0 aromatic heterocycles. The van der Waals surface area contributed by atoms with Crippen molar-refractivity contribution in [1.82, 2.24) is 0 Å². The zero-order chi connectivity index (χ0) is 33.8. The Morgan fingerprint density at radius 1 is 0.646 bits per heavy atom. The minimum absolute atomic E-state index is 0. The first-order valence-electron chi connectivity index (χ1n) is 12.0. The zero-order valence-electron chi connectivity index (χ0n) is 24.3. The van der Waals surface area contributed by atoms with Crippen molar-refractivity contribution >= 4 is 54.4 Å². The summed E-state index contributed by atoms with van der Waals surface area (Å²) in [5.74, 6) is 0. The summed E-state index contributed by atoms with van der Waals surface area (Å²) in [7, 11) is -10.1. The van der Waals surface area contributed by atoms with Crippen LogP contribution in [0.5, 0.6) is 0 Å². The Kier molecular flexibility index (Phi) is 13.6. The van der Waals surface area contributed by atoms with Gasteiger partial charge in [-0.3, -0.25) is 40.7 Å². The van der Waals surface area contributed by atoms with Gasteiger partial charge < -0.3 is 9.11 Å². The van der Waals surface area contributed by atoms with Crippen molar-refractivity contribution in [2.45, 2.75) is 9.79 Å². The van der Waals surface area contributed by atoms with Gasteiger partial charge >= 0.3 is 59.1 Å². The molecule has 0 aliphatic carbocycles. The van der Waals surface area contributed by atoms with Crippen LogP contribution in [0.3, 0.4) is 0 Å². The van der Waals surface area contributed by atoms with Crippen LogP contribution in [0.1, 0.15) is 0 Å². The molecule has 4 aromatic carbocycles. The van der Waals surface area contributed by atoms with Crippen molar-refractivity contribution in [3.05, 3.63) is 124 Å². The third kappa shape index (κ3) is 9.96. The van der Waals surface area contributed by atoms with Crippen molar-refractivity contribution in [2.24, 2.45) is 20.4 Å². The first-order chi connectivity index (χ1) is 21.5. The Bertz CT molecular complexity index is 2370. The number of hydrogen-bond acceptors (Lipinski definition) is 18. The summed E-state index contributed by atoms with van der Waals surface area (Å²) >= 11 is 0. The van der Waals surface area contributed by atoms with Crippen LogP contribution >= 0.6 is 0 Å². The van der Waals surface area contributed by atoms with E-state index in [0.29, 0.717) is 12.1 Å². The van der Waals surface area contributed by atoms with Gasteiger partial charge in [0.05, 0.1) is 31.8 Å². The van der Waals surface area contributed by atoms with Crippen LogP contribution in [0, 0.1) is 20.2 Å². The van der Waals surface area contributed by atoms with E-state index in [-0.39, 0.29) is 81.9 Å².